The van der Waals surface area contributed by atoms with Gasteiger partial charge in [-0.1, -0.05) is 44.5 Å². The van der Waals surface area contributed by atoms with Crippen molar-refractivity contribution in [1.82, 2.24) is 4.98 Å². The fourth-order valence-electron chi connectivity index (χ4n) is 1.53. The standard InChI is InChI=1S/C14H17NS/c1-10-6-5-7-11(8-10)13-15-9-12(16-13)14(2,3)4/h5-9H,1-4H3. The SMILES string of the molecule is Cc1cccc(-c2ncc(C(C)(C)C)s2)c1. The second-order valence-electron chi connectivity index (χ2n) is 5.15. The first kappa shape index (κ1) is 11.3. The normalized spacial score (nSPS) is 11.8. The van der Waals surface area contributed by atoms with E-state index >= 15 is 0 Å². The van der Waals surface area contributed by atoms with Crippen molar-refractivity contribution >= 4 is 11.3 Å². The Morgan fingerprint density at radius 2 is 1.94 bits per heavy atom. The van der Waals surface area contributed by atoms with E-state index in [1.54, 1.807) is 11.3 Å². The minimum absolute atomic E-state index is 0.194. The molecule has 16 heavy (non-hydrogen) atoms. The van der Waals surface area contributed by atoms with Crippen LogP contribution in [0.25, 0.3) is 10.6 Å². The van der Waals surface area contributed by atoms with Crippen LogP contribution in [0, 0.1) is 6.92 Å². The highest BCUT2D eigenvalue weighted by Gasteiger charge is 2.17. The van der Waals surface area contributed by atoms with E-state index in [0.717, 1.165) is 5.01 Å². The second kappa shape index (κ2) is 4.02. The van der Waals surface area contributed by atoms with Crippen LogP contribution in [0.15, 0.2) is 30.5 Å². The van der Waals surface area contributed by atoms with Crippen molar-refractivity contribution in [2.75, 3.05) is 0 Å². The Hall–Kier alpha value is -1.15. The fraction of sp³-hybridized carbons (Fsp3) is 0.357. The van der Waals surface area contributed by atoms with Gasteiger partial charge in [-0.25, -0.2) is 4.98 Å². The van der Waals surface area contributed by atoms with Crippen molar-refractivity contribution in [3.8, 4) is 10.6 Å². The highest BCUT2D eigenvalue weighted by Crippen LogP contribution is 2.32. The molecule has 0 saturated heterocycles. The van der Waals surface area contributed by atoms with E-state index in [1.165, 1.54) is 16.0 Å². The lowest BCUT2D eigenvalue weighted by molar-refractivity contribution is 0.602. The van der Waals surface area contributed by atoms with Crippen LogP contribution < -0.4 is 0 Å². The molecule has 0 saturated carbocycles. The summed E-state index contributed by atoms with van der Waals surface area (Å²) in [6.07, 6.45) is 2.00. The van der Waals surface area contributed by atoms with Crippen molar-refractivity contribution in [2.45, 2.75) is 33.1 Å². The minimum Gasteiger partial charge on any atom is -0.244 e. The van der Waals surface area contributed by atoms with Gasteiger partial charge >= 0.3 is 0 Å². The van der Waals surface area contributed by atoms with Gasteiger partial charge in [0.2, 0.25) is 0 Å². The van der Waals surface area contributed by atoms with Gasteiger partial charge in [-0.05, 0) is 18.4 Å². The number of nitrogens with zero attached hydrogens (tertiary/aromatic N) is 1. The molecule has 2 heteroatoms. The van der Waals surface area contributed by atoms with Crippen LogP contribution in [-0.4, -0.2) is 4.98 Å². The molecule has 0 radical (unpaired) electrons. The van der Waals surface area contributed by atoms with Crippen LogP contribution in [0.1, 0.15) is 31.2 Å². The zero-order valence-electron chi connectivity index (χ0n) is 10.2. The number of hydrogen-bond donors (Lipinski definition) is 0. The summed E-state index contributed by atoms with van der Waals surface area (Å²) in [6.45, 7) is 8.78. The molecule has 1 aromatic carbocycles. The maximum atomic E-state index is 4.51. The summed E-state index contributed by atoms with van der Waals surface area (Å²) in [5.74, 6) is 0. The number of aromatic nitrogens is 1. The molecule has 1 heterocycles. The number of benzene rings is 1. The molecule has 0 aliphatic carbocycles. The molecule has 0 amide bonds. The van der Waals surface area contributed by atoms with E-state index < -0.39 is 0 Å². The highest BCUT2D eigenvalue weighted by molar-refractivity contribution is 7.15. The van der Waals surface area contributed by atoms with Crippen LogP contribution in [-0.2, 0) is 5.41 Å². The second-order valence-corrected chi connectivity index (χ2v) is 6.18. The number of hydrogen-bond acceptors (Lipinski definition) is 2. The van der Waals surface area contributed by atoms with Crippen LogP contribution >= 0.6 is 11.3 Å². The number of thiazole rings is 1. The minimum atomic E-state index is 0.194. The lowest BCUT2D eigenvalue weighted by Gasteiger charge is -2.14. The molecule has 1 aromatic heterocycles. The first-order valence-electron chi connectivity index (χ1n) is 5.50. The maximum absolute atomic E-state index is 4.51. The van der Waals surface area contributed by atoms with Crippen molar-refractivity contribution in [2.24, 2.45) is 0 Å². The van der Waals surface area contributed by atoms with Crippen LogP contribution in [0.5, 0.6) is 0 Å². The number of rotatable bonds is 1. The predicted molar refractivity (Wildman–Crippen MR) is 71.0 cm³/mol. The van der Waals surface area contributed by atoms with E-state index in [2.05, 4.69) is 56.9 Å². The average molecular weight is 231 g/mol. The van der Waals surface area contributed by atoms with Crippen molar-refractivity contribution < 1.29 is 0 Å². The topological polar surface area (TPSA) is 12.9 Å². The largest absolute Gasteiger partial charge is 0.244 e. The van der Waals surface area contributed by atoms with Gasteiger partial charge in [0.15, 0.2) is 0 Å². The predicted octanol–water partition coefficient (Wildman–Crippen LogP) is 4.42. The molecule has 84 valence electrons. The zero-order chi connectivity index (χ0) is 11.8. The third kappa shape index (κ3) is 2.33. The van der Waals surface area contributed by atoms with Gasteiger partial charge in [0.1, 0.15) is 5.01 Å². The Bertz CT molecular complexity index is 491. The van der Waals surface area contributed by atoms with Crippen LogP contribution in [0.4, 0.5) is 0 Å². The molecular formula is C14H17NS. The zero-order valence-corrected chi connectivity index (χ0v) is 11.1. The lowest BCUT2D eigenvalue weighted by Crippen LogP contribution is -2.07. The highest BCUT2D eigenvalue weighted by atomic mass is 32.1. The van der Waals surface area contributed by atoms with Gasteiger partial charge in [-0.3, -0.25) is 0 Å². The molecule has 0 aliphatic rings. The summed E-state index contributed by atoms with van der Waals surface area (Å²) in [5.41, 5.74) is 2.70. The first-order valence-corrected chi connectivity index (χ1v) is 6.32. The molecule has 2 aromatic rings. The van der Waals surface area contributed by atoms with Gasteiger partial charge in [-0.2, -0.15) is 0 Å². The molecule has 0 aliphatic heterocycles. The fourth-order valence-corrected chi connectivity index (χ4v) is 2.50. The lowest BCUT2D eigenvalue weighted by atomic mass is 9.96. The summed E-state index contributed by atoms with van der Waals surface area (Å²) >= 11 is 1.79. The first-order chi connectivity index (χ1) is 7.47. The van der Waals surface area contributed by atoms with Crippen molar-refractivity contribution in [3.05, 3.63) is 40.9 Å². The molecular weight excluding hydrogens is 214 g/mol. The van der Waals surface area contributed by atoms with Crippen LogP contribution in [0.3, 0.4) is 0 Å². The summed E-state index contributed by atoms with van der Waals surface area (Å²) in [4.78, 5) is 5.85. The third-order valence-corrected chi connectivity index (χ3v) is 3.98. The van der Waals surface area contributed by atoms with Gasteiger partial charge in [0.05, 0.1) is 0 Å². The molecule has 0 spiro atoms. The van der Waals surface area contributed by atoms with Gasteiger partial charge in [-0.15, -0.1) is 11.3 Å². The molecule has 0 unspecified atom stereocenters. The Morgan fingerprint density at radius 1 is 1.19 bits per heavy atom. The molecule has 1 nitrogen and oxygen atoms in total. The van der Waals surface area contributed by atoms with Crippen molar-refractivity contribution in [3.63, 3.8) is 0 Å². The van der Waals surface area contributed by atoms with E-state index in [9.17, 15) is 0 Å². The Labute approximate surface area is 101 Å². The quantitative estimate of drug-likeness (QED) is 0.708. The molecule has 0 fully saturated rings. The van der Waals surface area contributed by atoms with Gasteiger partial charge < -0.3 is 0 Å². The molecule has 0 atom stereocenters. The smallest absolute Gasteiger partial charge is 0.123 e. The average Bonchev–Trinajstić information content (AvgIpc) is 2.65. The van der Waals surface area contributed by atoms with Gasteiger partial charge in [0.25, 0.3) is 0 Å². The van der Waals surface area contributed by atoms with Crippen LogP contribution in [0.2, 0.25) is 0 Å². The van der Waals surface area contributed by atoms with Gasteiger partial charge in [0, 0.05) is 16.6 Å². The Balaban J connectivity index is 2.39. The summed E-state index contributed by atoms with van der Waals surface area (Å²) in [6, 6.07) is 8.51. The van der Waals surface area contributed by atoms with Crippen molar-refractivity contribution in [1.29, 1.82) is 0 Å². The molecule has 0 N–H and O–H groups in total. The summed E-state index contributed by atoms with van der Waals surface area (Å²) in [7, 11) is 0. The summed E-state index contributed by atoms with van der Waals surface area (Å²) < 4.78 is 0. The van der Waals surface area contributed by atoms with E-state index in [1.807, 2.05) is 6.20 Å². The molecule has 2 rings (SSSR count). The Morgan fingerprint density at radius 3 is 2.50 bits per heavy atom. The summed E-state index contributed by atoms with van der Waals surface area (Å²) in [5, 5.41) is 1.12. The van der Waals surface area contributed by atoms with E-state index in [0.29, 0.717) is 0 Å². The molecule has 0 bridgehead atoms. The monoisotopic (exact) mass is 231 g/mol. The number of aryl methyl sites for hydroxylation is 1. The van der Waals surface area contributed by atoms with E-state index in [4.69, 9.17) is 0 Å². The maximum Gasteiger partial charge on any atom is 0.123 e. The van der Waals surface area contributed by atoms with E-state index in [-0.39, 0.29) is 5.41 Å². The Kier molecular flexibility index (Phi) is 2.85. The third-order valence-electron chi connectivity index (χ3n) is 2.51.